The van der Waals surface area contributed by atoms with Crippen LogP contribution in [0.25, 0.3) is 0 Å². The maximum Gasteiger partial charge on any atom is 0.417 e. The number of unbranched alkanes of at least 4 members (excludes halogenated alkanes) is 1. The molecule has 0 N–H and O–H groups in total. The van der Waals surface area contributed by atoms with Gasteiger partial charge in [-0.05, 0) is 43.0 Å². The summed E-state index contributed by atoms with van der Waals surface area (Å²) < 4.78 is 52.9. The summed E-state index contributed by atoms with van der Waals surface area (Å²) in [4.78, 5) is 3.65. The molecule has 0 spiro atoms. The van der Waals surface area contributed by atoms with Crippen molar-refractivity contribution >= 4 is 23.2 Å². The first-order valence-electron chi connectivity index (χ1n) is 8.07. The van der Waals surface area contributed by atoms with E-state index in [0.29, 0.717) is 35.2 Å². The van der Waals surface area contributed by atoms with Crippen molar-refractivity contribution in [2.75, 3.05) is 20.5 Å². The van der Waals surface area contributed by atoms with E-state index in [-0.39, 0.29) is 12.7 Å². The minimum atomic E-state index is -4.41. The van der Waals surface area contributed by atoms with E-state index in [9.17, 15) is 13.2 Å². The highest BCUT2D eigenvalue weighted by Gasteiger charge is 2.30. The second-order valence-electron chi connectivity index (χ2n) is 5.60. The van der Waals surface area contributed by atoms with Gasteiger partial charge in [0.25, 0.3) is 0 Å². The molecule has 0 radical (unpaired) electrons. The second-order valence-corrected chi connectivity index (χ2v) is 6.42. The Morgan fingerprint density at radius 2 is 1.74 bits per heavy atom. The van der Waals surface area contributed by atoms with E-state index in [1.807, 2.05) is 0 Å². The van der Waals surface area contributed by atoms with Crippen molar-refractivity contribution in [1.29, 1.82) is 0 Å². The minimum Gasteiger partial charge on any atom is -0.478 e. The van der Waals surface area contributed by atoms with E-state index in [0.717, 1.165) is 24.2 Å². The summed E-state index contributed by atoms with van der Waals surface area (Å²) in [5.74, 6) is 0.672. The third kappa shape index (κ3) is 6.75. The van der Waals surface area contributed by atoms with Gasteiger partial charge in [-0.15, -0.1) is 0 Å². The van der Waals surface area contributed by atoms with Gasteiger partial charge in [0.05, 0.1) is 12.2 Å². The lowest BCUT2D eigenvalue weighted by Crippen LogP contribution is -2.06. The summed E-state index contributed by atoms with van der Waals surface area (Å²) in [7, 11) is 1.51. The van der Waals surface area contributed by atoms with E-state index < -0.39 is 11.7 Å². The Hall–Kier alpha value is -1.70. The molecule has 27 heavy (non-hydrogen) atoms. The average molecular weight is 424 g/mol. The highest BCUT2D eigenvalue weighted by Crippen LogP contribution is 2.32. The number of hydrogen-bond donors (Lipinski definition) is 0. The molecule has 2 aromatic rings. The number of alkyl halides is 3. The molecule has 9 heteroatoms. The van der Waals surface area contributed by atoms with Crippen LogP contribution >= 0.6 is 23.2 Å². The largest absolute Gasteiger partial charge is 0.478 e. The number of pyridine rings is 1. The zero-order chi connectivity index (χ0) is 19.9. The van der Waals surface area contributed by atoms with E-state index >= 15 is 0 Å². The Morgan fingerprint density at radius 1 is 1.04 bits per heavy atom. The molecule has 0 unspecified atom stereocenters. The number of halogens is 5. The normalized spacial score (nSPS) is 11.5. The molecule has 0 saturated heterocycles. The SMILES string of the molecule is COCOc1cc(Cl)c(CCCCOc2ccc(C(F)(F)F)cn2)c(Cl)c1. The first-order valence-corrected chi connectivity index (χ1v) is 8.82. The topological polar surface area (TPSA) is 40.6 Å². The fourth-order valence-corrected chi connectivity index (χ4v) is 2.90. The standard InChI is InChI=1S/C18H18Cl2F3NO3/c1-25-11-27-13-8-15(19)14(16(20)9-13)4-2-3-7-26-17-6-5-12(10-24-17)18(21,22)23/h5-6,8-10H,2-4,7,11H2,1H3. The molecule has 2 rings (SSSR count). The molecule has 1 heterocycles. The number of methoxy groups -OCH3 is 1. The number of nitrogens with zero attached hydrogens (tertiary/aromatic N) is 1. The maximum atomic E-state index is 12.5. The number of hydrogen-bond acceptors (Lipinski definition) is 4. The molecular formula is C18H18Cl2F3NO3. The van der Waals surface area contributed by atoms with Gasteiger partial charge in [0.1, 0.15) is 5.75 Å². The van der Waals surface area contributed by atoms with Crippen LogP contribution in [0.15, 0.2) is 30.5 Å². The third-order valence-corrected chi connectivity index (χ3v) is 4.27. The van der Waals surface area contributed by atoms with Gasteiger partial charge < -0.3 is 14.2 Å². The van der Waals surface area contributed by atoms with Crippen molar-refractivity contribution in [3.8, 4) is 11.6 Å². The van der Waals surface area contributed by atoms with Crippen molar-refractivity contribution in [3.05, 3.63) is 51.6 Å². The summed E-state index contributed by atoms with van der Waals surface area (Å²) in [6, 6.07) is 5.49. The fraction of sp³-hybridized carbons (Fsp3) is 0.389. The van der Waals surface area contributed by atoms with Crippen LogP contribution in [0.3, 0.4) is 0 Å². The summed E-state index contributed by atoms with van der Waals surface area (Å²) in [6.45, 7) is 0.421. The molecule has 0 fully saturated rings. The number of benzene rings is 1. The molecule has 0 aliphatic heterocycles. The summed E-state index contributed by atoms with van der Waals surface area (Å²) >= 11 is 12.5. The number of aromatic nitrogens is 1. The van der Waals surface area contributed by atoms with Crippen LogP contribution < -0.4 is 9.47 Å². The average Bonchev–Trinajstić information content (AvgIpc) is 2.61. The fourth-order valence-electron chi connectivity index (χ4n) is 2.24. The number of ether oxygens (including phenoxy) is 3. The van der Waals surface area contributed by atoms with Crippen LogP contribution in [0.5, 0.6) is 11.6 Å². The molecule has 148 valence electrons. The lowest BCUT2D eigenvalue weighted by Gasteiger charge is -2.11. The Kier molecular flexibility index (Phi) is 8.01. The van der Waals surface area contributed by atoms with Crippen molar-refractivity contribution in [2.24, 2.45) is 0 Å². The molecule has 1 aromatic heterocycles. The molecule has 1 aromatic carbocycles. The van der Waals surface area contributed by atoms with Crippen molar-refractivity contribution < 1.29 is 27.4 Å². The van der Waals surface area contributed by atoms with Crippen LogP contribution in [0.2, 0.25) is 10.0 Å². The van der Waals surface area contributed by atoms with Crippen LogP contribution in [0, 0.1) is 0 Å². The van der Waals surface area contributed by atoms with Gasteiger partial charge in [-0.1, -0.05) is 23.2 Å². The van der Waals surface area contributed by atoms with Gasteiger partial charge in [-0.2, -0.15) is 13.2 Å². The van der Waals surface area contributed by atoms with Crippen LogP contribution in [0.4, 0.5) is 13.2 Å². The Labute approximate surface area is 165 Å². The zero-order valence-electron chi connectivity index (χ0n) is 14.5. The van der Waals surface area contributed by atoms with Crippen LogP contribution in [0.1, 0.15) is 24.0 Å². The lowest BCUT2D eigenvalue weighted by atomic mass is 10.1. The predicted molar refractivity (Wildman–Crippen MR) is 96.6 cm³/mol. The monoisotopic (exact) mass is 423 g/mol. The lowest BCUT2D eigenvalue weighted by molar-refractivity contribution is -0.137. The van der Waals surface area contributed by atoms with Crippen molar-refractivity contribution in [2.45, 2.75) is 25.4 Å². The Morgan fingerprint density at radius 3 is 2.30 bits per heavy atom. The smallest absolute Gasteiger partial charge is 0.417 e. The van der Waals surface area contributed by atoms with E-state index in [1.165, 1.54) is 13.2 Å². The van der Waals surface area contributed by atoms with Crippen molar-refractivity contribution in [1.82, 2.24) is 4.98 Å². The first-order chi connectivity index (χ1) is 12.8. The summed E-state index contributed by atoms with van der Waals surface area (Å²) in [5.41, 5.74) is -0.00665. The first kappa shape index (κ1) is 21.6. The molecule has 0 bridgehead atoms. The van der Waals surface area contributed by atoms with E-state index in [4.69, 9.17) is 37.4 Å². The molecular weight excluding hydrogens is 406 g/mol. The van der Waals surface area contributed by atoms with Gasteiger partial charge in [0, 0.05) is 29.4 Å². The van der Waals surface area contributed by atoms with E-state index in [2.05, 4.69) is 4.98 Å². The molecule has 4 nitrogen and oxygen atoms in total. The second kappa shape index (κ2) is 10.0. The maximum absolute atomic E-state index is 12.5. The Balaban J connectivity index is 1.78. The van der Waals surface area contributed by atoms with Gasteiger partial charge in [0.2, 0.25) is 5.88 Å². The quantitative estimate of drug-likeness (QED) is 0.377. The van der Waals surface area contributed by atoms with Crippen LogP contribution in [-0.4, -0.2) is 25.5 Å². The summed E-state index contributed by atoms with van der Waals surface area (Å²) in [6.07, 6.45) is -1.63. The Bertz CT molecular complexity index is 717. The van der Waals surface area contributed by atoms with Gasteiger partial charge >= 0.3 is 6.18 Å². The van der Waals surface area contributed by atoms with Crippen LogP contribution in [-0.2, 0) is 17.3 Å². The van der Waals surface area contributed by atoms with Gasteiger partial charge in [0.15, 0.2) is 6.79 Å². The molecule has 0 amide bonds. The summed E-state index contributed by atoms with van der Waals surface area (Å²) in [5, 5.41) is 0.998. The van der Waals surface area contributed by atoms with Gasteiger partial charge in [-0.3, -0.25) is 0 Å². The third-order valence-electron chi connectivity index (χ3n) is 3.59. The van der Waals surface area contributed by atoms with Crippen molar-refractivity contribution in [3.63, 3.8) is 0 Å². The molecule has 0 aliphatic carbocycles. The molecule has 0 atom stereocenters. The number of rotatable bonds is 9. The molecule has 0 saturated carbocycles. The minimum absolute atomic E-state index is 0.0985. The highest BCUT2D eigenvalue weighted by atomic mass is 35.5. The highest BCUT2D eigenvalue weighted by molar-refractivity contribution is 6.36. The zero-order valence-corrected chi connectivity index (χ0v) is 16.0. The predicted octanol–water partition coefficient (Wildman–Crippen LogP) is 5.79. The van der Waals surface area contributed by atoms with E-state index in [1.54, 1.807) is 12.1 Å². The van der Waals surface area contributed by atoms with Gasteiger partial charge in [-0.25, -0.2) is 4.98 Å². The molecule has 0 aliphatic rings.